The molecule has 1 aromatic heterocycles. The molecule has 160 valence electrons. The maximum Gasteiger partial charge on any atom is 0.335 e. The molecule has 0 aliphatic rings. The Morgan fingerprint density at radius 1 is 1.03 bits per heavy atom. The molecule has 4 N–H and O–H groups in total. The van der Waals surface area contributed by atoms with Crippen molar-refractivity contribution in [2.45, 2.75) is 13.5 Å². The van der Waals surface area contributed by atoms with Crippen LogP contribution in [-0.2, 0) is 6.61 Å². The van der Waals surface area contributed by atoms with Crippen molar-refractivity contribution < 1.29 is 19.4 Å². The van der Waals surface area contributed by atoms with Crippen LogP contribution >= 0.6 is 0 Å². The van der Waals surface area contributed by atoms with Crippen molar-refractivity contribution in [1.29, 1.82) is 0 Å². The highest BCUT2D eigenvalue weighted by Crippen LogP contribution is 2.25. The summed E-state index contributed by atoms with van der Waals surface area (Å²) in [6, 6.07) is 20.5. The molecule has 0 unspecified atom stereocenters. The summed E-state index contributed by atoms with van der Waals surface area (Å²) in [5, 5.41) is 12.7. The second-order valence-electron chi connectivity index (χ2n) is 7.31. The maximum absolute atomic E-state index is 13.0. The summed E-state index contributed by atoms with van der Waals surface area (Å²) >= 11 is 0. The van der Waals surface area contributed by atoms with Crippen molar-refractivity contribution in [2.24, 2.45) is 0 Å². The Bertz CT molecular complexity index is 1320. The largest absolute Gasteiger partial charge is 0.489 e. The van der Waals surface area contributed by atoms with Gasteiger partial charge in [0.25, 0.3) is 5.91 Å². The number of anilines is 2. The zero-order valence-electron chi connectivity index (χ0n) is 17.3. The van der Waals surface area contributed by atoms with Crippen LogP contribution < -0.4 is 15.8 Å². The molecule has 0 aliphatic heterocycles. The molecule has 4 rings (SSSR count). The Hall–Kier alpha value is -4.39. The van der Waals surface area contributed by atoms with E-state index in [4.69, 9.17) is 15.6 Å². The lowest BCUT2D eigenvalue weighted by Crippen LogP contribution is -2.15. The third kappa shape index (κ3) is 4.52. The molecule has 0 fully saturated rings. The van der Waals surface area contributed by atoms with E-state index >= 15 is 0 Å². The van der Waals surface area contributed by atoms with Gasteiger partial charge in [0.2, 0.25) is 0 Å². The van der Waals surface area contributed by atoms with Gasteiger partial charge in [-0.15, -0.1) is 0 Å². The Balaban J connectivity index is 1.51. The number of nitrogens with two attached hydrogens (primary N) is 1. The second kappa shape index (κ2) is 8.77. The van der Waals surface area contributed by atoms with Crippen LogP contribution in [-0.4, -0.2) is 22.0 Å². The van der Waals surface area contributed by atoms with Crippen molar-refractivity contribution in [3.05, 3.63) is 95.2 Å². The quantitative estimate of drug-likeness (QED) is 0.412. The molecule has 0 bridgehead atoms. The number of amides is 1. The predicted octanol–water partition coefficient (Wildman–Crippen LogP) is 4.65. The molecule has 7 nitrogen and oxygen atoms in total. The second-order valence-corrected chi connectivity index (χ2v) is 7.31. The third-order valence-corrected chi connectivity index (χ3v) is 4.98. The zero-order valence-corrected chi connectivity index (χ0v) is 17.3. The minimum absolute atomic E-state index is 0.157. The number of hydrogen-bond donors (Lipinski definition) is 3. The fourth-order valence-corrected chi connectivity index (χ4v) is 3.39. The van der Waals surface area contributed by atoms with E-state index in [1.165, 1.54) is 12.1 Å². The van der Waals surface area contributed by atoms with Gasteiger partial charge in [-0.25, -0.2) is 4.79 Å². The number of benzene rings is 3. The van der Waals surface area contributed by atoms with E-state index in [0.29, 0.717) is 28.3 Å². The number of nitrogens with one attached hydrogen (secondary N) is 1. The fraction of sp³-hybridized carbons (Fsp3) is 0.0800. The third-order valence-electron chi connectivity index (χ3n) is 4.98. The number of nitrogen functional groups attached to an aromatic ring is 1. The summed E-state index contributed by atoms with van der Waals surface area (Å²) in [6.45, 7) is 2.04. The average Bonchev–Trinajstić information content (AvgIpc) is 2.78. The van der Waals surface area contributed by atoms with Gasteiger partial charge in [0, 0.05) is 33.6 Å². The Labute approximate surface area is 184 Å². The number of carboxylic acids is 1. The van der Waals surface area contributed by atoms with Crippen LogP contribution in [0.5, 0.6) is 5.75 Å². The number of fused-ring (bicyclic) bond motifs is 1. The SMILES string of the molecule is Cc1cc(N)c2cc(NC(=O)c3ccccc3COc3ccc(C(=O)O)cc3)ccc2n1. The molecular weight excluding hydrogens is 406 g/mol. The van der Waals surface area contributed by atoms with Crippen LogP contribution in [0, 0.1) is 6.92 Å². The molecule has 4 aromatic rings. The first-order chi connectivity index (χ1) is 15.4. The molecule has 3 aromatic carbocycles. The van der Waals surface area contributed by atoms with E-state index in [-0.39, 0.29) is 18.1 Å². The van der Waals surface area contributed by atoms with Crippen LogP contribution in [0.1, 0.15) is 32.0 Å². The first kappa shape index (κ1) is 20.9. The zero-order chi connectivity index (χ0) is 22.7. The molecular formula is C25H21N3O4. The lowest BCUT2D eigenvalue weighted by atomic mass is 10.1. The highest BCUT2D eigenvalue weighted by Gasteiger charge is 2.13. The molecule has 1 heterocycles. The topological polar surface area (TPSA) is 115 Å². The van der Waals surface area contributed by atoms with Crippen molar-refractivity contribution in [1.82, 2.24) is 4.98 Å². The van der Waals surface area contributed by atoms with Crippen LogP contribution in [0.4, 0.5) is 11.4 Å². The van der Waals surface area contributed by atoms with Crippen molar-refractivity contribution >= 4 is 34.2 Å². The summed E-state index contributed by atoms with van der Waals surface area (Å²) in [5.41, 5.74) is 10.3. The number of aryl methyl sites for hydroxylation is 1. The van der Waals surface area contributed by atoms with Gasteiger partial charge in [0.05, 0.1) is 11.1 Å². The summed E-state index contributed by atoms with van der Waals surface area (Å²) in [4.78, 5) is 28.4. The van der Waals surface area contributed by atoms with Gasteiger partial charge >= 0.3 is 5.97 Å². The number of ether oxygens (including phenoxy) is 1. The summed E-state index contributed by atoms with van der Waals surface area (Å²) in [6.07, 6.45) is 0. The molecule has 7 heteroatoms. The number of carbonyl (C=O) groups excluding carboxylic acids is 1. The predicted molar refractivity (Wildman–Crippen MR) is 123 cm³/mol. The number of rotatable bonds is 6. The smallest absolute Gasteiger partial charge is 0.335 e. The van der Waals surface area contributed by atoms with Crippen molar-refractivity contribution in [3.8, 4) is 5.75 Å². The van der Waals surface area contributed by atoms with E-state index in [1.54, 1.807) is 42.5 Å². The summed E-state index contributed by atoms with van der Waals surface area (Å²) < 4.78 is 5.75. The Morgan fingerprint density at radius 2 is 1.78 bits per heavy atom. The van der Waals surface area contributed by atoms with Gasteiger partial charge in [-0.05, 0) is 61.5 Å². The van der Waals surface area contributed by atoms with Crippen LogP contribution in [0.15, 0.2) is 72.8 Å². The average molecular weight is 427 g/mol. The lowest BCUT2D eigenvalue weighted by Gasteiger charge is -2.12. The van der Waals surface area contributed by atoms with Gasteiger partial charge in [0.1, 0.15) is 12.4 Å². The van der Waals surface area contributed by atoms with E-state index in [9.17, 15) is 9.59 Å². The van der Waals surface area contributed by atoms with Crippen LogP contribution in [0.2, 0.25) is 0 Å². The van der Waals surface area contributed by atoms with E-state index in [2.05, 4.69) is 10.3 Å². The molecule has 0 radical (unpaired) electrons. The minimum atomic E-state index is -1.00. The summed E-state index contributed by atoms with van der Waals surface area (Å²) in [5.74, 6) is -0.763. The van der Waals surface area contributed by atoms with E-state index in [1.807, 2.05) is 25.1 Å². The first-order valence-electron chi connectivity index (χ1n) is 9.93. The standard InChI is InChI=1S/C25H21N3O4/c1-15-12-22(26)21-13-18(8-11-23(21)27-15)28-24(29)20-5-3-2-4-17(20)14-32-19-9-6-16(7-10-19)25(30)31/h2-13H,14H2,1H3,(H2,26,27)(H,28,29)(H,30,31). The van der Waals surface area contributed by atoms with Crippen molar-refractivity contribution in [2.75, 3.05) is 11.1 Å². The maximum atomic E-state index is 13.0. The fourth-order valence-electron chi connectivity index (χ4n) is 3.39. The molecule has 1 amide bonds. The lowest BCUT2D eigenvalue weighted by molar-refractivity contribution is 0.0696. The van der Waals surface area contributed by atoms with Crippen LogP contribution in [0.25, 0.3) is 10.9 Å². The van der Waals surface area contributed by atoms with Gasteiger partial charge in [0.15, 0.2) is 0 Å². The summed E-state index contributed by atoms with van der Waals surface area (Å²) in [7, 11) is 0. The highest BCUT2D eigenvalue weighted by atomic mass is 16.5. The molecule has 0 spiro atoms. The number of carboxylic acid groups (broad SMARTS) is 1. The van der Waals surface area contributed by atoms with Crippen molar-refractivity contribution in [3.63, 3.8) is 0 Å². The highest BCUT2D eigenvalue weighted by molar-refractivity contribution is 6.06. The monoisotopic (exact) mass is 427 g/mol. The Kier molecular flexibility index (Phi) is 5.72. The normalized spacial score (nSPS) is 10.7. The van der Waals surface area contributed by atoms with Gasteiger partial charge in [-0.2, -0.15) is 0 Å². The minimum Gasteiger partial charge on any atom is -0.489 e. The van der Waals surface area contributed by atoms with E-state index < -0.39 is 5.97 Å². The number of nitrogens with zero attached hydrogens (tertiary/aromatic N) is 1. The number of hydrogen-bond acceptors (Lipinski definition) is 5. The number of aromatic nitrogens is 1. The molecule has 0 atom stereocenters. The molecule has 0 saturated heterocycles. The molecule has 0 saturated carbocycles. The van der Waals surface area contributed by atoms with Crippen LogP contribution in [0.3, 0.4) is 0 Å². The molecule has 0 aliphatic carbocycles. The number of aromatic carboxylic acids is 1. The molecule has 32 heavy (non-hydrogen) atoms. The van der Waals surface area contributed by atoms with Gasteiger partial charge < -0.3 is 20.9 Å². The Morgan fingerprint density at radius 3 is 2.53 bits per heavy atom. The van der Waals surface area contributed by atoms with E-state index in [0.717, 1.165) is 16.6 Å². The van der Waals surface area contributed by atoms with Gasteiger partial charge in [-0.1, -0.05) is 18.2 Å². The number of carbonyl (C=O) groups is 2. The number of pyridine rings is 1. The first-order valence-corrected chi connectivity index (χ1v) is 9.93. The van der Waals surface area contributed by atoms with Gasteiger partial charge in [-0.3, -0.25) is 9.78 Å².